The van der Waals surface area contributed by atoms with E-state index in [4.69, 9.17) is 19.4 Å². The monoisotopic (exact) mass is 667 g/mol. The Kier molecular flexibility index (Phi) is 8.03. The van der Waals surface area contributed by atoms with Crippen LogP contribution in [0.4, 0.5) is 0 Å². The van der Waals surface area contributed by atoms with Crippen LogP contribution in [-0.2, 0) is 6.42 Å². The highest BCUT2D eigenvalue weighted by molar-refractivity contribution is 6.15. The molecule has 0 atom stereocenters. The predicted octanol–water partition coefficient (Wildman–Crippen LogP) is 12.5. The van der Waals surface area contributed by atoms with Crippen LogP contribution in [0.5, 0.6) is 0 Å². The average molecular weight is 668 g/mol. The fourth-order valence-corrected chi connectivity index (χ4v) is 7.02. The molecule has 0 aliphatic rings. The Morgan fingerprint density at radius 2 is 1.15 bits per heavy atom. The van der Waals surface area contributed by atoms with Gasteiger partial charge < -0.3 is 4.42 Å². The van der Waals surface area contributed by atoms with Crippen molar-refractivity contribution in [3.05, 3.63) is 187 Å². The molecule has 2 aromatic heterocycles. The van der Waals surface area contributed by atoms with Crippen LogP contribution in [0.15, 0.2) is 175 Å². The van der Waals surface area contributed by atoms with Crippen molar-refractivity contribution in [1.29, 1.82) is 0 Å². The quantitative estimate of drug-likeness (QED) is 0.162. The highest BCUT2D eigenvalue weighted by atomic mass is 16.3. The highest BCUT2D eigenvalue weighted by Crippen LogP contribution is 2.41. The molecule has 0 N–H and O–H groups in total. The molecule has 0 radical (unpaired) electrons. The van der Waals surface area contributed by atoms with Gasteiger partial charge in [-0.15, -0.1) is 0 Å². The van der Waals surface area contributed by atoms with Crippen molar-refractivity contribution in [1.82, 2.24) is 15.0 Å². The summed E-state index contributed by atoms with van der Waals surface area (Å²) in [5, 5.41) is 4.37. The molecule has 9 rings (SSSR count). The maximum atomic E-state index is 6.64. The van der Waals surface area contributed by atoms with Gasteiger partial charge in [0.05, 0.1) is 0 Å². The predicted molar refractivity (Wildman–Crippen MR) is 216 cm³/mol. The van der Waals surface area contributed by atoms with Gasteiger partial charge in [0.25, 0.3) is 0 Å². The fourth-order valence-electron chi connectivity index (χ4n) is 7.02. The number of rotatable bonds is 8. The lowest BCUT2D eigenvalue weighted by Gasteiger charge is -2.11. The largest absolute Gasteiger partial charge is 0.455 e. The molecule has 7 aromatic carbocycles. The van der Waals surface area contributed by atoms with Gasteiger partial charge in [0.1, 0.15) is 17.0 Å². The summed E-state index contributed by atoms with van der Waals surface area (Å²) in [6, 6.07) is 54.3. The SMILES string of the molecule is C=Cc1ccc2ccccc2c1/C=C\Cc1nc(-c2ccccc2)nc(-c2ccc(-c3ccc(-c4ccccc4)cc3)c3oc4ccccc4c23)n1. The van der Waals surface area contributed by atoms with Crippen molar-refractivity contribution in [2.45, 2.75) is 6.42 Å². The molecule has 0 spiro atoms. The van der Waals surface area contributed by atoms with Crippen molar-refractivity contribution >= 4 is 44.9 Å². The zero-order valence-corrected chi connectivity index (χ0v) is 28.4. The van der Waals surface area contributed by atoms with Crippen LogP contribution < -0.4 is 0 Å². The molecule has 246 valence electrons. The number of fused-ring (bicyclic) bond motifs is 4. The Balaban J connectivity index is 1.17. The second kappa shape index (κ2) is 13.4. The second-order valence-electron chi connectivity index (χ2n) is 12.8. The van der Waals surface area contributed by atoms with Gasteiger partial charge in [-0.1, -0.05) is 164 Å². The summed E-state index contributed by atoms with van der Waals surface area (Å²) in [5.41, 5.74) is 10.1. The molecular weight excluding hydrogens is 635 g/mol. The third-order valence-corrected chi connectivity index (χ3v) is 9.59. The van der Waals surface area contributed by atoms with Gasteiger partial charge >= 0.3 is 0 Å². The number of hydrogen-bond donors (Lipinski definition) is 0. The standard InChI is InChI=1S/C48H33N3O/c1-2-32-24-27-35-16-9-10-19-39(35)38(32)21-13-23-44-49-47(37-17-7-4-8-18-37)51-48(50-44)42-31-30-40(46-45(42)41-20-11-12-22-43(41)52-46)36-28-25-34(26-29-36)33-14-5-3-6-15-33/h2-22,24-31H,1,23H2/b21-13-. The van der Waals surface area contributed by atoms with E-state index in [-0.39, 0.29) is 0 Å². The molecule has 9 aromatic rings. The van der Waals surface area contributed by atoms with E-state index in [1.54, 1.807) is 0 Å². The molecule has 4 nitrogen and oxygen atoms in total. The first-order valence-corrected chi connectivity index (χ1v) is 17.4. The van der Waals surface area contributed by atoms with Crippen LogP contribution in [0, 0.1) is 0 Å². The molecule has 0 amide bonds. The number of nitrogens with zero attached hydrogens (tertiary/aromatic N) is 3. The average Bonchev–Trinajstić information content (AvgIpc) is 3.61. The molecule has 0 aliphatic heterocycles. The Morgan fingerprint density at radius 1 is 0.519 bits per heavy atom. The fraction of sp³-hybridized carbons (Fsp3) is 0.0208. The molecule has 2 heterocycles. The highest BCUT2D eigenvalue weighted by Gasteiger charge is 2.20. The van der Waals surface area contributed by atoms with Crippen LogP contribution in [0.25, 0.3) is 89.9 Å². The van der Waals surface area contributed by atoms with Crippen molar-refractivity contribution in [3.8, 4) is 45.0 Å². The van der Waals surface area contributed by atoms with E-state index in [1.807, 2.05) is 60.7 Å². The molecule has 0 fully saturated rings. The minimum Gasteiger partial charge on any atom is -0.455 e. The Labute approximate surface area is 302 Å². The van der Waals surface area contributed by atoms with E-state index < -0.39 is 0 Å². The van der Waals surface area contributed by atoms with Crippen LogP contribution in [-0.4, -0.2) is 15.0 Å². The third kappa shape index (κ3) is 5.76. The first kappa shape index (κ1) is 31.1. The molecule has 0 unspecified atom stereocenters. The summed E-state index contributed by atoms with van der Waals surface area (Å²) in [6.45, 7) is 4.06. The number of para-hydroxylation sites is 1. The number of aromatic nitrogens is 3. The van der Waals surface area contributed by atoms with E-state index in [0.29, 0.717) is 23.9 Å². The number of hydrogen-bond acceptors (Lipinski definition) is 4. The minimum absolute atomic E-state index is 0.524. The molecule has 52 heavy (non-hydrogen) atoms. The van der Waals surface area contributed by atoms with Gasteiger partial charge in [0, 0.05) is 33.9 Å². The smallest absolute Gasteiger partial charge is 0.164 e. The maximum absolute atomic E-state index is 6.64. The Hall–Kier alpha value is -6.91. The van der Waals surface area contributed by atoms with Gasteiger partial charge in [-0.25, -0.2) is 15.0 Å². The van der Waals surface area contributed by atoms with Crippen molar-refractivity contribution < 1.29 is 4.42 Å². The van der Waals surface area contributed by atoms with E-state index >= 15 is 0 Å². The number of allylic oxidation sites excluding steroid dienone is 1. The number of benzene rings is 7. The summed E-state index contributed by atoms with van der Waals surface area (Å²) in [7, 11) is 0. The molecule has 4 heteroatoms. The van der Waals surface area contributed by atoms with Gasteiger partial charge in [-0.3, -0.25) is 0 Å². The van der Waals surface area contributed by atoms with Crippen LogP contribution in [0.1, 0.15) is 17.0 Å². The summed E-state index contributed by atoms with van der Waals surface area (Å²) >= 11 is 0. The van der Waals surface area contributed by atoms with Crippen molar-refractivity contribution in [2.75, 3.05) is 0 Å². The topological polar surface area (TPSA) is 51.8 Å². The van der Waals surface area contributed by atoms with Gasteiger partial charge in [0.2, 0.25) is 0 Å². The van der Waals surface area contributed by atoms with Crippen molar-refractivity contribution in [3.63, 3.8) is 0 Å². The lowest BCUT2D eigenvalue weighted by atomic mass is 9.96. The normalized spacial score (nSPS) is 11.5. The zero-order chi connectivity index (χ0) is 34.9. The second-order valence-corrected chi connectivity index (χ2v) is 12.8. The Morgan fingerprint density at radius 3 is 1.94 bits per heavy atom. The Bertz CT molecular complexity index is 2760. The summed E-state index contributed by atoms with van der Waals surface area (Å²) in [6.07, 6.45) is 6.72. The van der Waals surface area contributed by atoms with Gasteiger partial charge in [-0.2, -0.15) is 0 Å². The van der Waals surface area contributed by atoms with Crippen molar-refractivity contribution in [2.24, 2.45) is 0 Å². The summed E-state index contributed by atoms with van der Waals surface area (Å²) in [5.74, 6) is 1.92. The minimum atomic E-state index is 0.524. The molecule has 0 saturated carbocycles. The molecular formula is C48H33N3O. The van der Waals surface area contributed by atoms with E-state index in [0.717, 1.165) is 55.3 Å². The van der Waals surface area contributed by atoms with Crippen LogP contribution >= 0.6 is 0 Å². The zero-order valence-electron chi connectivity index (χ0n) is 28.4. The van der Waals surface area contributed by atoms with Crippen LogP contribution in [0.3, 0.4) is 0 Å². The summed E-state index contributed by atoms with van der Waals surface area (Å²) in [4.78, 5) is 15.2. The van der Waals surface area contributed by atoms with Gasteiger partial charge in [-0.05, 0) is 56.8 Å². The maximum Gasteiger partial charge on any atom is 0.164 e. The molecule has 0 bridgehead atoms. The van der Waals surface area contributed by atoms with E-state index in [1.165, 1.54) is 21.9 Å². The first-order chi connectivity index (χ1) is 25.7. The number of furan rings is 1. The van der Waals surface area contributed by atoms with E-state index in [2.05, 4.69) is 122 Å². The molecule has 0 saturated heterocycles. The van der Waals surface area contributed by atoms with Gasteiger partial charge in [0.15, 0.2) is 11.6 Å². The first-order valence-electron chi connectivity index (χ1n) is 17.4. The lowest BCUT2D eigenvalue weighted by molar-refractivity contribution is 0.670. The van der Waals surface area contributed by atoms with E-state index in [9.17, 15) is 0 Å². The molecule has 0 aliphatic carbocycles. The third-order valence-electron chi connectivity index (χ3n) is 9.59. The summed E-state index contributed by atoms with van der Waals surface area (Å²) < 4.78 is 6.64. The lowest BCUT2D eigenvalue weighted by Crippen LogP contribution is -2.03. The van der Waals surface area contributed by atoms with Crippen LogP contribution in [0.2, 0.25) is 0 Å².